The number of aromatic nitrogens is 1. The van der Waals surface area contributed by atoms with Crippen LogP contribution in [-0.4, -0.2) is 41.3 Å². The average Bonchev–Trinajstić information content (AvgIpc) is 3.47. The molecule has 0 spiro atoms. The van der Waals surface area contributed by atoms with Crippen molar-refractivity contribution in [3.63, 3.8) is 0 Å². The van der Waals surface area contributed by atoms with Crippen LogP contribution in [0.25, 0.3) is 10.9 Å². The van der Waals surface area contributed by atoms with Crippen molar-refractivity contribution in [2.24, 2.45) is 5.92 Å². The van der Waals surface area contributed by atoms with Crippen molar-refractivity contribution in [3.05, 3.63) is 46.7 Å². The maximum absolute atomic E-state index is 15.4. The first-order chi connectivity index (χ1) is 14.5. The van der Waals surface area contributed by atoms with Crippen LogP contribution < -0.4 is 20.4 Å². The summed E-state index contributed by atoms with van der Waals surface area (Å²) in [5.74, 6) is -1.23. The first-order valence-corrected chi connectivity index (χ1v) is 10.4. The summed E-state index contributed by atoms with van der Waals surface area (Å²) in [6, 6.07) is 1.54. The van der Waals surface area contributed by atoms with E-state index in [9.17, 15) is 14.7 Å². The molecule has 3 aliphatic rings. The number of carbonyl (C=O) groups is 1. The molecular formula is C22H24FN3O4. The SMILES string of the molecule is C=COc1c(N2CC3CCCNC3C2)c(F)cc2c(=O)c(C(=O)O)cn(C3CC3)c12. The molecule has 30 heavy (non-hydrogen) atoms. The highest BCUT2D eigenvalue weighted by molar-refractivity contribution is 5.97. The molecule has 3 fully saturated rings. The summed E-state index contributed by atoms with van der Waals surface area (Å²) >= 11 is 0. The minimum atomic E-state index is -1.32. The highest BCUT2D eigenvalue weighted by Crippen LogP contribution is 2.45. The summed E-state index contributed by atoms with van der Waals surface area (Å²) in [6.45, 7) is 5.95. The summed E-state index contributed by atoms with van der Waals surface area (Å²) in [7, 11) is 0. The molecule has 2 unspecified atom stereocenters. The van der Waals surface area contributed by atoms with E-state index in [4.69, 9.17) is 4.74 Å². The predicted octanol–water partition coefficient (Wildman–Crippen LogP) is 2.88. The molecule has 8 heteroatoms. The van der Waals surface area contributed by atoms with E-state index in [0.29, 0.717) is 36.3 Å². The number of piperidine rings is 1. The monoisotopic (exact) mass is 413 g/mol. The third-order valence-electron chi connectivity index (χ3n) is 6.49. The van der Waals surface area contributed by atoms with Crippen LogP contribution in [0.4, 0.5) is 10.1 Å². The number of hydrogen-bond donors (Lipinski definition) is 2. The summed E-state index contributed by atoms with van der Waals surface area (Å²) < 4.78 is 22.9. The topological polar surface area (TPSA) is 83.8 Å². The van der Waals surface area contributed by atoms with Crippen LogP contribution in [-0.2, 0) is 0 Å². The maximum atomic E-state index is 15.4. The molecule has 2 aliphatic heterocycles. The second-order valence-electron chi connectivity index (χ2n) is 8.40. The zero-order chi connectivity index (χ0) is 21.0. The Morgan fingerprint density at radius 2 is 2.13 bits per heavy atom. The number of carboxylic acids is 1. The molecule has 2 saturated heterocycles. The number of nitrogens with zero attached hydrogens (tertiary/aromatic N) is 2. The predicted molar refractivity (Wildman–Crippen MR) is 111 cm³/mol. The van der Waals surface area contributed by atoms with Crippen molar-refractivity contribution in [1.82, 2.24) is 9.88 Å². The number of hydrogen-bond acceptors (Lipinski definition) is 5. The zero-order valence-electron chi connectivity index (χ0n) is 16.6. The Balaban J connectivity index is 1.75. The van der Waals surface area contributed by atoms with E-state index in [2.05, 4.69) is 11.9 Å². The van der Waals surface area contributed by atoms with Gasteiger partial charge in [-0.25, -0.2) is 9.18 Å². The highest BCUT2D eigenvalue weighted by atomic mass is 19.1. The molecule has 3 heterocycles. The smallest absolute Gasteiger partial charge is 0.341 e. The molecule has 2 atom stereocenters. The van der Waals surface area contributed by atoms with Crippen molar-refractivity contribution in [3.8, 4) is 5.75 Å². The zero-order valence-corrected chi connectivity index (χ0v) is 16.6. The molecule has 7 nitrogen and oxygen atoms in total. The van der Waals surface area contributed by atoms with Gasteiger partial charge in [-0.2, -0.15) is 0 Å². The number of benzene rings is 1. The second-order valence-corrected chi connectivity index (χ2v) is 8.40. The van der Waals surface area contributed by atoms with E-state index in [1.54, 1.807) is 4.57 Å². The molecule has 0 amide bonds. The Morgan fingerprint density at radius 1 is 1.33 bits per heavy atom. The molecular weight excluding hydrogens is 389 g/mol. The number of halogens is 1. The third-order valence-corrected chi connectivity index (χ3v) is 6.49. The molecule has 0 radical (unpaired) electrons. The number of aromatic carboxylic acids is 1. The molecule has 1 aromatic carbocycles. The van der Waals surface area contributed by atoms with Crippen LogP contribution >= 0.6 is 0 Å². The van der Waals surface area contributed by atoms with Crippen LogP contribution in [0, 0.1) is 11.7 Å². The molecule has 158 valence electrons. The molecule has 1 aliphatic carbocycles. The van der Waals surface area contributed by atoms with Crippen molar-refractivity contribution < 1.29 is 19.0 Å². The fourth-order valence-corrected chi connectivity index (χ4v) is 4.96. The van der Waals surface area contributed by atoms with Gasteiger partial charge in [-0.15, -0.1) is 0 Å². The fraction of sp³-hybridized carbons (Fsp3) is 0.455. The van der Waals surface area contributed by atoms with Gasteiger partial charge < -0.3 is 24.6 Å². The highest BCUT2D eigenvalue weighted by Gasteiger charge is 2.38. The average molecular weight is 413 g/mol. The van der Waals surface area contributed by atoms with Crippen LogP contribution in [0.3, 0.4) is 0 Å². The molecule has 2 aromatic rings. The minimum absolute atomic E-state index is 0.0228. The molecule has 2 N–H and O–H groups in total. The van der Waals surface area contributed by atoms with E-state index in [-0.39, 0.29) is 22.7 Å². The number of rotatable bonds is 5. The lowest BCUT2D eigenvalue weighted by Gasteiger charge is -2.25. The third kappa shape index (κ3) is 2.98. The molecule has 0 bridgehead atoms. The Bertz CT molecular complexity index is 1090. The summed E-state index contributed by atoms with van der Waals surface area (Å²) in [5.41, 5.74) is -0.310. The second kappa shape index (κ2) is 7.12. The van der Waals surface area contributed by atoms with Crippen molar-refractivity contribution >= 4 is 22.6 Å². The van der Waals surface area contributed by atoms with Crippen molar-refractivity contribution in [2.45, 2.75) is 37.8 Å². The van der Waals surface area contributed by atoms with E-state index in [1.165, 1.54) is 18.5 Å². The first-order valence-electron chi connectivity index (χ1n) is 10.4. The molecule has 1 saturated carbocycles. The van der Waals surface area contributed by atoms with Gasteiger partial charge in [0.2, 0.25) is 5.43 Å². The fourth-order valence-electron chi connectivity index (χ4n) is 4.96. The quantitative estimate of drug-likeness (QED) is 0.734. The summed E-state index contributed by atoms with van der Waals surface area (Å²) in [4.78, 5) is 26.4. The Hall–Kier alpha value is -2.87. The summed E-state index contributed by atoms with van der Waals surface area (Å²) in [6.07, 6.45) is 6.53. The number of fused-ring (bicyclic) bond motifs is 2. The van der Waals surface area contributed by atoms with Gasteiger partial charge in [0.1, 0.15) is 11.3 Å². The van der Waals surface area contributed by atoms with Crippen LogP contribution in [0.1, 0.15) is 42.1 Å². The van der Waals surface area contributed by atoms with Crippen molar-refractivity contribution in [1.29, 1.82) is 0 Å². The van der Waals surface area contributed by atoms with Gasteiger partial charge in [0.25, 0.3) is 0 Å². The molecule has 5 rings (SSSR count). The number of ether oxygens (including phenoxy) is 1. The van der Waals surface area contributed by atoms with E-state index >= 15 is 4.39 Å². The van der Waals surface area contributed by atoms with Crippen LogP contribution in [0.5, 0.6) is 5.75 Å². The number of nitrogens with one attached hydrogen (secondary N) is 1. The van der Waals surface area contributed by atoms with Gasteiger partial charge in [-0.05, 0) is 44.2 Å². The van der Waals surface area contributed by atoms with Gasteiger partial charge >= 0.3 is 5.97 Å². The van der Waals surface area contributed by atoms with Gasteiger partial charge in [0.05, 0.1) is 17.2 Å². The first kappa shape index (κ1) is 19.1. The molecule has 1 aromatic heterocycles. The van der Waals surface area contributed by atoms with E-state index < -0.39 is 17.2 Å². The van der Waals surface area contributed by atoms with Crippen LogP contribution in [0.2, 0.25) is 0 Å². The van der Waals surface area contributed by atoms with Gasteiger partial charge in [0.15, 0.2) is 11.6 Å². The number of anilines is 1. The lowest BCUT2D eigenvalue weighted by Crippen LogP contribution is -2.40. The Labute approximate surface area is 172 Å². The van der Waals surface area contributed by atoms with Gasteiger partial charge in [-0.3, -0.25) is 4.79 Å². The maximum Gasteiger partial charge on any atom is 0.341 e. The standard InChI is InChI=1S/C22H24FN3O4/c1-2-30-21-18-14(20(27)15(22(28)29)10-26(18)13-5-6-13)8-16(23)19(21)25-9-12-4-3-7-24-17(12)11-25/h2,8,10,12-13,17,24H,1,3-7,9,11H2,(H,28,29). The number of pyridine rings is 1. The van der Waals surface area contributed by atoms with Crippen LogP contribution in [0.15, 0.2) is 29.9 Å². The minimum Gasteiger partial charge on any atom is -0.477 e. The largest absolute Gasteiger partial charge is 0.477 e. The Morgan fingerprint density at radius 3 is 2.80 bits per heavy atom. The normalized spacial score (nSPS) is 23.4. The Kier molecular flexibility index (Phi) is 4.54. The van der Waals surface area contributed by atoms with Crippen molar-refractivity contribution in [2.75, 3.05) is 24.5 Å². The number of carboxylic acid groups (broad SMARTS) is 1. The van der Waals surface area contributed by atoms with E-state index in [0.717, 1.165) is 32.2 Å². The lowest BCUT2D eigenvalue weighted by atomic mass is 9.94. The van der Waals surface area contributed by atoms with E-state index in [1.807, 2.05) is 4.90 Å². The summed E-state index contributed by atoms with van der Waals surface area (Å²) in [5, 5.41) is 13.0. The lowest BCUT2D eigenvalue weighted by molar-refractivity contribution is 0.0695. The van der Waals surface area contributed by atoms with Gasteiger partial charge in [0, 0.05) is 31.4 Å². The van der Waals surface area contributed by atoms with Gasteiger partial charge in [-0.1, -0.05) is 6.58 Å².